The van der Waals surface area contributed by atoms with Crippen LogP contribution in [0.5, 0.6) is 0 Å². The summed E-state index contributed by atoms with van der Waals surface area (Å²) in [6, 6.07) is 0. The molecular weight excluding hydrogens is 424 g/mol. The molecule has 0 aromatic heterocycles. The maximum absolute atomic E-state index is 13.5. The van der Waals surface area contributed by atoms with Crippen molar-refractivity contribution in [1.29, 1.82) is 0 Å². The van der Waals surface area contributed by atoms with Crippen molar-refractivity contribution >= 4 is 5.97 Å². The van der Waals surface area contributed by atoms with Crippen LogP contribution in [0.1, 0.15) is 99.8 Å². The van der Waals surface area contributed by atoms with Crippen molar-refractivity contribution in [2.45, 2.75) is 112 Å². The van der Waals surface area contributed by atoms with Crippen molar-refractivity contribution in [2.75, 3.05) is 0 Å². The van der Waals surface area contributed by atoms with E-state index in [0.29, 0.717) is 24.2 Å². The van der Waals surface area contributed by atoms with Gasteiger partial charge >= 0.3 is 5.97 Å². The lowest BCUT2D eigenvalue weighted by Gasteiger charge is -2.71. The molecule has 0 aromatic rings. The Labute approximate surface area is 206 Å². The topological polar surface area (TPSA) is 77.8 Å². The Hall–Kier alpha value is -0.870. The minimum Gasteiger partial charge on any atom is -0.481 e. The van der Waals surface area contributed by atoms with Gasteiger partial charge in [0.1, 0.15) is 0 Å². The Bertz CT molecular complexity index is 907. The molecule has 4 heteroatoms. The zero-order valence-electron chi connectivity index (χ0n) is 22.5. The molecule has 0 aliphatic heterocycles. The molecule has 0 amide bonds. The first-order valence-electron chi connectivity index (χ1n) is 14.0. The fourth-order valence-corrected chi connectivity index (χ4v) is 10.9. The molecule has 34 heavy (non-hydrogen) atoms. The van der Waals surface area contributed by atoms with Gasteiger partial charge in [0, 0.05) is 11.8 Å². The molecule has 11 atom stereocenters. The molecule has 192 valence electrons. The number of hydrogen-bond acceptors (Lipinski definition) is 3. The van der Waals surface area contributed by atoms with E-state index in [-0.39, 0.29) is 22.7 Å². The first-order chi connectivity index (χ1) is 15.7. The summed E-state index contributed by atoms with van der Waals surface area (Å²) in [6.07, 6.45) is 8.34. The molecule has 0 saturated heterocycles. The molecular formula is C30H48O4. The highest BCUT2D eigenvalue weighted by atomic mass is 16.4. The minimum atomic E-state index is -0.848. The number of carbonyl (C=O) groups is 1. The molecule has 0 radical (unpaired) electrons. The van der Waals surface area contributed by atoms with Crippen LogP contribution >= 0.6 is 0 Å². The Morgan fingerprint density at radius 3 is 2.24 bits per heavy atom. The molecule has 5 aliphatic carbocycles. The number of carboxylic acids is 1. The Kier molecular flexibility index (Phi) is 5.36. The second kappa shape index (κ2) is 7.34. The third-order valence-electron chi connectivity index (χ3n) is 13.3. The largest absolute Gasteiger partial charge is 0.481 e. The van der Waals surface area contributed by atoms with E-state index in [9.17, 15) is 20.1 Å². The minimum absolute atomic E-state index is 0.0982. The standard InChI is InChI=1S/C30H48O4/c1-17-10-12-27(5)14-15-30(25(33)34)19(24(27)18(17)2)8-9-21-28(30,6)13-11-20-26(3,4)22(31)16-23(32)29(20,21)7/h8,17-18,20-24,31-32H,9-16H2,1-7H3,(H,33,34)/t17-,18+,20?,21?,22+,23-,24?,27-,28-,29+,30-/m1/s1. The number of aliphatic carboxylic acids is 1. The molecule has 0 heterocycles. The first-order valence-corrected chi connectivity index (χ1v) is 14.0. The smallest absolute Gasteiger partial charge is 0.314 e. The monoisotopic (exact) mass is 472 g/mol. The summed E-state index contributed by atoms with van der Waals surface area (Å²) < 4.78 is 0. The van der Waals surface area contributed by atoms with Crippen molar-refractivity contribution in [2.24, 2.45) is 56.7 Å². The number of carboxylic acid groups (broad SMARTS) is 1. The normalized spacial score (nSPS) is 56.3. The van der Waals surface area contributed by atoms with Crippen molar-refractivity contribution in [1.82, 2.24) is 0 Å². The van der Waals surface area contributed by atoms with Crippen molar-refractivity contribution in [3.8, 4) is 0 Å². The second-order valence-corrected chi connectivity index (χ2v) is 14.6. The van der Waals surface area contributed by atoms with Crippen molar-refractivity contribution in [3.05, 3.63) is 11.6 Å². The van der Waals surface area contributed by atoms with Crippen molar-refractivity contribution in [3.63, 3.8) is 0 Å². The molecule has 5 aliphatic rings. The van der Waals surface area contributed by atoms with E-state index in [1.807, 2.05) is 0 Å². The fourth-order valence-electron chi connectivity index (χ4n) is 10.9. The van der Waals surface area contributed by atoms with Crippen LogP contribution in [-0.2, 0) is 4.79 Å². The van der Waals surface area contributed by atoms with Gasteiger partial charge in [-0.05, 0) is 90.8 Å². The van der Waals surface area contributed by atoms with E-state index in [0.717, 1.165) is 32.1 Å². The van der Waals surface area contributed by atoms with Crippen LogP contribution < -0.4 is 0 Å². The van der Waals surface area contributed by atoms with Gasteiger partial charge in [0.2, 0.25) is 0 Å². The molecule has 4 fully saturated rings. The van der Waals surface area contributed by atoms with Gasteiger partial charge < -0.3 is 15.3 Å². The van der Waals surface area contributed by atoms with Gasteiger partial charge in [-0.2, -0.15) is 0 Å². The number of fused-ring (bicyclic) bond motifs is 7. The maximum atomic E-state index is 13.5. The number of rotatable bonds is 1. The summed E-state index contributed by atoms with van der Waals surface area (Å²) in [6.45, 7) is 16.0. The predicted molar refractivity (Wildman–Crippen MR) is 134 cm³/mol. The molecule has 3 N–H and O–H groups in total. The van der Waals surface area contributed by atoms with E-state index in [1.165, 1.54) is 18.4 Å². The summed E-state index contributed by atoms with van der Waals surface area (Å²) in [5, 5.41) is 33.5. The van der Waals surface area contributed by atoms with Crippen molar-refractivity contribution < 1.29 is 20.1 Å². The molecule has 0 aromatic carbocycles. The summed E-state index contributed by atoms with van der Waals surface area (Å²) in [7, 11) is 0. The zero-order valence-corrected chi connectivity index (χ0v) is 22.5. The Morgan fingerprint density at radius 1 is 0.912 bits per heavy atom. The first kappa shape index (κ1) is 24.8. The summed E-state index contributed by atoms with van der Waals surface area (Å²) >= 11 is 0. The van der Waals surface area contributed by atoms with Gasteiger partial charge in [0.15, 0.2) is 0 Å². The zero-order chi connectivity index (χ0) is 25.1. The van der Waals surface area contributed by atoms with E-state index >= 15 is 0 Å². The highest BCUT2D eigenvalue weighted by molar-refractivity contribution is 5.81. The average molecular weight is 473 g/mol. The number of allylic oxidation sites excluding steroid dienone is 1. The van der Waals surface area contributed by atoms with Gasteiger partial charge in [-0.25, -0.2) is 0 Å². The molecule has 0 spiro atoms. The van der Waals surface area contributed by atoms with E-state index < -0.39 is 34.4 Å². The second-order valence-electron chi connectivity index (χ2n) is 14.6. The Morgan fingerprint density at radius 2 is 1.59 bits per heavy atom. The van der Waals surface area contributed by atoms with Crippen LogP contribution in [0.3, 0.4) is 0 Å². The van der Waals surface area contributed by atoms with Crippen LogP contribution in [0.2, 0.25) is 0 Å². The average Bonchev–Trinajstić information content (AvgIpc) is 2.74. The number of aliphatic hydroxyl groups is 2. The lowest BCUT2D eigenvalue weighted by Crippen LogP contribution is -2.69. The van der Waals surface area contributed by atoms with Crippen LogP contribution in [0.25, 0.3) is 0 Å². The van der Waals surface area contributed by atoms with Crippen LogP contribution in [0, 0.1) is 56.7 Å². The molecule has 3 unspecified atom stereocenters. The molecule has 5 rings (SSSR count). The highest BCUT2D eigenvalue weighted by Gasteiger charge is 2.73. The summed E-state index contributed by atoms with van der Waals surface area (Å²) in [5.41, 5.74) is -0.495. The van der Waals surface area contributed by atoms with Gasteiger partial charge in [-0.15, -0.1) is 0 Å². The van der Waals surface area contributed by atoms with E-state index in [4.69, 9.17) is 0 Å². The SMILES string of the molecule is C[C@@H]1CC[C@]2(C)CC[C@]3(C(=O)O)C(=CCC4[C@]5(C)C(CC[C@]43C)C(C)(C)[C@@H](O)C[C@H]5O)C2[C@H]1C. The predicted octanol–water partition coefficient (Wildman–Crippen LogP) is 6.06. The lowest BCUT2D eigenvalue weighted by atomic mass is 9.32. The summed E-state index contributed by atoms with van der Waals surface area (Å²) in [5.74, 6) is 1.08. The van der Waals surface area contributed by atoms with Crippen LogP contribution in [0.15, 0.2) is 11.6 Å². The number of aliphatic hydroxyl groups excluding tert-OH is 2. The van der Waals surface area contributed by atoms with Gasteiger partial charge in [0.25, 0.3) is 0 Å². The Balaban J connectivity index is 1.68. The van der Waals surface area contributed by atoms with Gasteiger partial charge in [0.05, 0.1) is 17.6 Å². The third-order valence-corrected chi connectivity index (χ3v) is 13.3. The van der Waals surface area contributed by atoms with Crippen LogP contribution in [0.4, 0.5) is 0 Å². The number of hydrogen-bond donors (Lipinski definition) is 3. The molecule has 4 nitrogen and oxygen atoms in total. The van der Waals surface area contributed by atoms with Gasteiger partial charge in [-0.3, -0.25) is 4.79 Å². The highest BCUT2D eigenvalue weighted by Crippen LogP contribution is 2.75. The fraction of sp³-hybridized carbons (Fsp3) is 0.900. The lowest BCUT2D eigenvalue weighted by molar-refractivity contribution is -0.247. The summed E-state index contributed by atoms with van der Waals surface area (Å²) in [4.78, 5) is 13.5. The van der Waals surface area contributed by atoms with E-state index in [1.54, 1.807) is 0 Å². The molecule has 4 saturated carbocycles. The van der Waals surface area contributed by atoms with Crippen LogP contribution in [-0.4, -0.2) is 33.5 Å². The van der Waals surface area contributed by atoms with E-state index in [2.05, 4.69) is 54.5 Å². The maximum Gasteiger partial charge on any atom is 0.314 e. The third kappa shape index (κ3) is 2.71. The molecule has 0 bridgehead atoms. The van der Waals surface area contributed by atoms with Gasteiger partial charge in [-0.1, -0.05) is 60.1 Å². The quantitative estimate of drug-likeness (QED) is 0.405.